The van der Waals surface area contributed by atoms with Gasteiger partial charge in [-0.1, -0.05) is 0 Å². The quantitative estimate of drug-likeness (QED) is 0.304. The van der Waals surface area contributed by atoms with Gasteiger partial charge < -0.3 is 0 Å². The summed E-state index contributed by atoms with van der Waals surface area (Å²) in [5, 5.41) is 0. The van der Waals surface area contributed by atoms with Crippen molar-refractivity contribution in [3.63, 3.8) is 0 Å². The van der Waals surface area contributed by atoms with Gasteiger partial charge in [0, 0.05) is 204 Å². The Morgan fingerprint density at radius 2 is 1.00 bits per heavy atom. The first-order valence-electron chi connectivity index (χ1n) is 0. The van der Waals surface area contributed by atoms with Gasteiger partial charge in [0.1, 0.15) is 0 Å². The van der Waals surface area contributed by atoms with E-state index in [2.05, 4.69) is 0 Å². The molecule has 0 rings (SSSR count). The summed E-state index contributed by atoms with van der Waals surface area (Å²) in [7, 11) is 0. The Labute approximate surface area is 197 Å². The topological polar surface area (TPSA) is 0 Å². The molecule has 0 saturated carbocycles. The van der Waals surface area contributed by atoms with Crippen LogP contribution in [0.4, 0.5) is 0 Å². The zero-order chi connectivity index (χ0) is 0. The molecule has 3 radical (unpaired) electrons. The van der Waals surface area contributed by atoms with Crippen LogP contribution in [-0.2, 0) is 0 Å². The third-order valence-corrected chi connectivity index (χ3v) is 0. The van der Waals surface area contributed by atoms with Crippen LogP contribution in [-0.4, -0.2) is 0 Å². The summed E-state index contributed by atoms with van der Waals surface area (Å²) in [4.78, 5) is 0. The normalized spacial score (nSPS) is 0. The van der Waals surface area contributed by atoms with Gasteiger partial charge in [-0.2, -0.15) is 0 Å². The summed E-state index contributed by atoms with van der Waals surface area (Å²) in [5.41, 5.74) is 0. The molecule has 0 nitrogen and oxygen atoms in total. The molecule has 0 saturated heterocycles. The average Bonchev–Trinajstić information content (AvgIpc) is 0. The van der Waals surface area contributed by atoms with Crippen molar-refractivity contribution < 1.29 is 204 Å². The summed E-state index contributed by atoms with van der Waals surface area (Å²) in [5.74, 6) is 0. The molecule has 0 spiro atoms. The van der Waals surface area contributed by atoms with E-state index in [1.54, 1.807) is 0 Å². The predicted molar refractivity (Wildman–Crippen MR) is 0 cm³/mol. The van der Waals surface area contributed by atoms with E-state index >= 15 is 0 Å². The van der Waals surface area contributed by atoms with E-state index in [0.29, 0.717) is 0 Å². The van der Waals surface area contributed by atoms with Crippen molar-refractivity contribution in [3.05, 3.63) is 0 Å². The van der Waals surface area contributed by atoms with Crippen LogP contribution in [0.25, 0.3) is 0 Å². The summed E-state index contributed by atoms with van der Waals surface area (Å²) >= 11 is 0. The van der Waals surface area contributed by atoms with Crippen molar-refractivity contribution in [2.45, 2.75) is 0 Å². The minimum atomic E-state index is 0. The Hall–Kier alpha value is 6.74. The van der Waals surface area contributed by atoms with E-state index in [9.17, 15) is 0 Å². The molecule has 0 unspecified atom stereocenters. The summed E-state index contributed by atoms with van der Waals surface area (Å²) in [6.45, 7) is 0. The molecule has 0 atom stereocenters. The number of hydrogen-bond donors (Lipinski definition) is 0. The smallest absolute Gasteiger partial charge is 0 e. The van der Waals surface area contributed by atoms with Crippen molar-refractivity contribution in [2.75, 3.05) is 0 Å². The van der Waals surface area contributed by atoms with Gasteiger partial charge >= 0.3 is 0 Å². The first-order chi connectivity index (χ1) is 0. The molecule has 0 bridgehead atoms. The zero-order valence-corrected chi connectivity index (χ0v) is 12.9. The van der Waals surface area contributed by atoms with E-state index in [1.165, 1.54) is 0 Å². The molecule has 0 N–H and O–H groups in total. The second-order valence-corrected chi connectivity index (χ2v) is 0. The fourth-order valence-electron chi connectivity index (χ4n) is 0. The van der Waals surface area contributed by atoms with Crippen LogP contribution in [0.2, 0.25) is 0 Å². The van der Waals surface area contributed by atoms with Gasteiger partial charge in [-0.15, -0.1) is 0 Å². The Kier molecular flexibility index (Phi) is 134. The summed E-state index contributed by atoms with van der Waals surface area (Å²) < 4.78 is 0. The molecular formula is DyEuHoSmTb. The van der Waals surface area contributed by atoms with E-state index in [-0.39, 0.29) is 204 Å². The molecule has 0 aromatic rings. The Morgan fingerprint density at radius 1 is 1.00 bits per heavy atom. The average molecular weight is 789 g/mol. The van der Waals surface area contributed by atoms with E-state index < -0.39 is 0 Å². The largest absolute Gasteiger partial charge is 0 e. The fourth-order valence-corrected chi connectivity index (χ4v) is 0. The first-order valence-corrected chi connectivity index (χ1v) is 0. The molecule has 5 heavy (non-hydrogen) atoms. The molecule has 0 aromatic heterocycles. The molecule has 0 aliphatic carbocycles. The van der Waals surface area contributed by atoms with Crippen LogP contribution in [0.5, 0.6) is 0 Å². The van der Waals surface area contributed by atoms with Crippen molar-refractivity contribution in [3.8, 4) is 0 Å². The third-order valence-electron chi connectivity index (χ3n) is 0. The molecule has 0 fully saturated rings. The molecule has 0 aliphatic rings. The molecule has 0 aliphatic heterocycles. The predicted octanol–water partition coefficient (Wildman–Crippen LogP) is 0. The van der Waals surface area contributed by atoms with Gasteiger partial charge in [0.2, 0.25) is 0 Å². The van der Waals surface area contributed by atoms with Crippen LogP contribution >= 0.6 is 0 Å². The third kappa shape index (κ3) is 18.1. The van der Waals surface area contributed by atoms with Gasteiger partial charge in [-0.05, 0) is 0 Å². The van der Waals surface area contributed by atoms with E-state index in [0.717, 1.165) is 0 Å². The Bertz CT molecular complexity index is 11.6. The van der Waals surface area contributed by atoms with Crippen molar-refractivity contribution in [2.24, 2.45) is 0 Å². The fraction of sp³-hybridized carbons (Fsp3) is 0. The van der Waals surface area contributed by atoms with E-state index in [1.807, 2.05) is 0 Å². The second kappa shape index (κ2) is 22.4. The van der Waals surface area contributed by atoms with Gasteiger partial charge in [0.25, 0.3) is 0 Å². The first kappa shape index (κ1) is 29.8. The number of hydrogen-bond acceptors (Lipinski definition) is 0. The van der Waals surface area contributed by atoms with Gasteiger partial charge in [-0.25, -0.2) is 0 Å². The van der Waals surface area contributed by atoms with Crippen LogP contribution in [0.15, 0.2) is 0 Å². The van der Waals surface area contributed by atoms with Crippen molar-refractivity contribution >= 4 is 0 Å². The standard InChI is InChI=1S/Dy.Eu.Ho.Sm.Tb. The maximum atomic E-state index is 0. The Balaban J connectivity index is 0. The minimum Gasteiger partial charge on any atom is 0 e. The molecule has 0 aromatic carbocycles. The van der Waals surface area contributed by atoms with Gasteiger partial charge in [0.15, 0.2) is 0 Å². The maximum Gasteiger partial charge on any atom is 0 e. The Morgan fingerprint density at radius 3 is 1.00 bits per heavy atom. The molecule has 0 amide bonds. The monoisotopic (exact) mass is 793 g/mol. The van der Waals surface area contributed by atoms with Gasteiger partial charge in [0.05, 0.1) is 0 Å². The second-order valence-electron chi connectivity index (χ2n) is 0. The van der Waals surface area contributed by atoms with Crippen LogP contribution in [0.1, 0.15) is 0 Å². The minimum absolute atomic E-state index is 0. The summed E-state index contributed by atoms with van der Waals surface area (Å²) in [6, 6.07) is 0. The van der Waals surface area contributed by atoms with Crippen LogP contribution in [0, 0.1) is 204 Å². The summed E-state index contributed by atoms with van der Waals surface area (Å²) in [6.07, 6.45) is 0. The number of rotatable bonds is 0. The van der Waals surface area contributed by atoms with Crippen molar-refractivity contribution in [1.82, 2.24) is 0 Å². The molecular weight excluding hydrogens is 789 g/mol. The van der Waals surface area contributed by atoms with Crippen LogP contribution < -0.4 is 0 Å². The zero-order valence-electron chi connectivity index (χ0n) is 1.74. The van der Waals surface area contributed by atoms with Gasteiger partial charge in [-0.3, -0.25) is 0 Å². The van der Waals surface area contributed by atoms with Crippen molar-refractivity contribution in [1.29, 1.82) is 0 Å². The van der Waals surface area contributed by atoms with E-state index in [4.69, 9.17) is 0 Å². The van der Waals surface area contributed by atoms with Crippen LogP contribution in [0.3, 0.4) is 0 Å². The maximum absolute atomic E-state index is 0. The molecule has 5 heteroatoms. The SMILES string of the molecule is [Dy].[Eu].[Ho].[Sm].[Tb]. The molecule has 0 heterocycles. The molecule has 43 valence electrons.